The van der Waals surface area contributed by atoms with Crippen LogP contribution in [-0.2, 0) is 14.8 Å². The van der Waals surface area contributed by atoms with Gasteiger partial charge >= 0.3 is 0 Å². The maximum atomic E-state index is 12.1. The van der Waals surface area contributed by atoms with Gasteiger partial charge in [-0.05, 0) is 39.8 Å². The minimum Gasteiger partial charge on any atom is -0.351 e. The van der Waals surface area contributed by atoms with Gasteiger partial charge < -0.3 is 5.32 Å². The number of aryl methyl sites for hydroxylation is 1. The number of hydrogen-bond acceptors (Lipinski definition) is 3. The monoisotopic (exact) mass is 312 g/mol. The second-order valence-corrected chi connectivity index (χ2v) is 8.16. The van der Waals surface area contributed by atoms with Gasteiger partial charge in [0.25, 0.3) is 0 Å². The highest BCUT2D eigenvalue weighted by Crippen LogP contribution is 2.13. The zero-order valence-electron chi connectivity index (χ0n) is 13.2. The summed E-state index contributed by atoms with van der Waals surface area (Å²) < 4.78 is 26.6. The van der Waals surface area contributed by atoms with Crippen LogP contribution in [0.4, 0.5) is 5.69 Å². The summed E-state index contributed by atoms with van der Waals surface area (Å²) in [4.78, 5) is 11.9. The first kappa shape index (κ1) is 17.5. The van der Waals surface area contributed by atoms with Crippen molar-refractivity contribution in [1.29, 1.82) is 0 Å². The van der Waals surface area contributed by atoms with Crippen LogP contribution in [0.1, 0.15) is 33.3 Å². The highest BCUT2D eigenvalue weighted by Gasteiger charge is 2.24. The van der Waals surface area contributed by atoms with Crippen LogP contribution in [0.2, 0.25) is 0 Å². The number of carbonyl (C=O) groups excluding carboxylic acids is 1. The Labute approximate surface area is 127 Å². The molecule has 6 heteroatoms. The van der Waals surface area contributed by atoms with E-state index >= 15 is 0 Å². The van der Waals surface area contributed by atoms with Gasteiger partial charge in [0.2, 0.25) is 15.9 Å². The molecule has 118 valence electrons. The zero-order chi connectivity index (χ0) is 16.3. The Balaban J connectivity index is 2.67. The topological polar surface area (TPSA) is 75.3 Å². The lowest BCUT2D eigenvalue weighted by Gasteiger charge is -2.23. The number of carbonyl (C=O) groups is 1. The average molecular weight is 312 g/mol. The van der Waals surface area contributed by atoms with Crippen molar-refractivity contribution in [3.63, 3.8) is 0 Å². The standard InChI is InChI=1S/C15H24N2O3S/c1-11-6-8-13(9-7-11)17-21(19,20)10-12(2)14(18)16-15(3,4)5/h6-9,12,17H,10H2,1-5H3,(H,16,18). The molecule has 1 rings (SSSR count). The molecule has 0 spiro atoms. The van der Waals surface area contributed by atoms with Gasteiger partial charge in [-0.3, -0.25) is 9.52 Å². The van der Waals surface area contributed by atoms with Crippen molar-refractivity contribution in [3.05, 3.63) is 29.8 Å². The van der Waals surface area contributed by atoms with Crippen molar-refractivity contribution in [3.8, 4) is 0 Å². The lowest BCUT2D eigenvalue weighted by molar-refractivity contribution is -0.125. The molecule has 0 aliphatic rings. The van der Waals surface area contributed by atoms with Crippen molar-refractivity contribution < 1.29 is 13.2 Å². The fraction of sp³-hybridized carbons (Fsp3) is 0.533. The number of hydrogen-bond donors (Lipinski definition) is 2. The summed E-state index contributed by atoms with van der Waals surface area (Å²) in [6, 6.07) is 7.06. The molecule has 1 amide bonds. The van der Waals surface area contributed by atoms with Crippen molar-refractivity contribution in [2.75, 3.05) is 10.5 Å². The molecule has 1 aromatic carbocycles. The maximum absolute atomic E-state index is 12.1. The van der Waals surface area contributed by atoms with Gasteiger partial charge in [-0.15, -0.1) is 0 Å². The third-order valence-electron chi connectivity index (χ3n) is 2.74. The highest BCUT2D eigenvalue weighted by molar-refractivity contribution is 7.92. The molecule has 1 aromatic rings. The SMILES string of the molecule is Cc1ccc(NS(=O)(=O)CC(C)C(=O)NC(C)(C)C)cc1. The number of benzene rings is 1. The predicted octanol–water partition coefficient (Wildman–Crippen LogP) is 2.29. The molecule has 21 heavy (non-hydrogen) atoms. The fourth-order valence-electron chi connectivity index (χ4n) is 1.74. The van der Waals surface area contributed by atoms with Crippen LogP contribution in [0.3, 0.4) is 0 Å². The number of anilines is 1. The Bertz CT molecular complexity index is 586. The van der Waals surface area contributed by atoms with E-state index in [0.717, 1.165) is 5.56 Å². The van der Waals surface area contributed by atoms with E-state index in [9.17, 15) is 13.2 Å². The van der Waals surface area contributed by atoms with E-state index in [1.807, 2.05) is 39.8 Å². The summed E-state index contributed by atoms with van der Waals surface area (Å²) in [5.74, 6) is -1.13. The molecule has 5 nitrogen and oxygen atoms in total. The molecule has 0 radical (unpaired) electrons. The summed E-state index contributed by atoms with van der Waals surface area (Å²) in [5.41, 5.74) is 1.18. The van der Waals surface area contributed by atoms with Crippen LogP contribution in [0.5, 0.6) is 0 Å². The van der Waals surface area contributed by atoms with Crippen molar-refractivity contribution in [1.82, 2.24) is 5.32 Å². The largest absolute Gasteiger partial charge is 0.351 e. The second kappa shape index (κ2) is 6.47. The molecule has 1 atom stereocenters. The normalized spacial score (nSPS) is 13.6. The molecule has 0 aromatic heterocycles. The van der Waals surface area contributed by atoms with Crippen molar-refractivity contribution >= 4 is 21.6 Å². The van der Waals surface area contributed by atoms with Gasteiger partial charge in [-0.1, -0.05) is 24.6 Å². The third kappa shape index (κ3) is 6.62. The number of rotatable bonds is 5. The predicted molar refractivity (Wildman–Crippen MR) is 85.6 cm³/mol. The van der Waals surface area contributed by atoms with Crippen LogP contribution < -0.4 is 10.0 Å². The molecule has 0 bridgehead atoms. The van der Waals surface area contributed by atoms with E-state index in [-0.39, 0.29) is 17.2 Å². The molecule has 0 aliphatic carbocycles. The molecule has 0 saturated carbocycles. The smallest absolute Gasteiger partial charge is 0.233 e. The number of sulfonamides is 1. The summed E-state index contributed by atoms with van der Waals surface area (Å²) >= 11 is 0. The van der Waals surface area contributed by atoms with Crippen LogP contribution in [-0.4, -0.2) is 25.6 Å². The Morgan fingerprint density at radius 1 is 1.19 bits per heavy atom. The lowest BCUT2D eigenvalue weighted by atomic mass is 10.1. The van der Waals surface area contributed by atoms with Crippen LogP contribution in [0.15, 0.2) is 24.3 Å². The quantitative estimate of drug-likeness (QED) is 0.876. The lowest BCUT2D eigenvalue weighted by Crippen LogP contribution is -2.45. The van der Waals surface area contributed by atoms with E-state index in [2.05, 4.69) is 10.0 Å². The van der Waals surface area contributed by atoms with Crippen LogP contribution in [0.25, 0.3) is 0 Å². The van der Waals surface area contributed by atoms with Gasteiger partial charge in [-0.2, -0.15) is 0 Å². The van der Waals surface area contributed by atoms with E-state index in [1.165, 1.54) is 0 Å². The molecule has 0 fully saturated rings. The number of nitrogens with one attached hydrogen (secondary N) is 2. The Morgan fingerprint density at radius 2 is 1.71 bits per heavy atom. The Morgan fingerprint density at radius 3 is 2.19 bits per heavy atom. The van der Waals surface area contributed by atoms with Gasteiger partial charge in [0.15, 0.2) is 0 Å². The third-order valence-corrected chi connectivity index (χ3v) is 4.23. The molecule has 0 aliphatic heterocycles. The van der Waals surface area contributed by atoms with Crippen molar-refractivity contribution in [2.45, 2.75) is 40.2 Å². The molecule has 2 N–H and O–H groups in total. The second-order valence-electron chi connectivity index (χ2n) is 6.39. The van der Waals surface area contributed by atoms with Gasteiger partial charge in [-0.25, -0.2) is 8.42 Å². The summed E-state index contributed by atoms with van der Waals surface area (Å²) in [6.45, 7) is 9.11. The van der Waals surface area contributed by atoms with Crippen LogP contribution in [0, 0.1) is 12.8 Å². The van der Waals surface area contributed by atoms with Crippen LogP contribution >= 0.6 is 0 Å². The minimum atomic E-state index is -3.56. The van der Waals surface area contributed by atoms with Gasteiger partial charge in [0.05, 0.1) is 11.7 Å². The average Bonchev–Trinajstić information content (AvgIpc) is 2.29. The molecule has 0 heterocycles. The molecular weight excluding hydrogens is 288 g/mol. The summed E-state index contributed by atoms with van der Waals surface area (Å²) in [7, 11) is -3.56. The van der Waals surface area contributed by atoms with E-state index < -0.39 is 15.9 Å². The highest BCUT2D eigenvalue weighted by atomic mass is 32.2. The fourth-order valence-corrected chi connectivity index (χ4v) is 3.13. The molecule has 0 saturated heterocycles. The number of amides is 1. The minimum absolute atomic E-state index is 0.247. The Hall–Kier alpha value is -1.56. The maximum Gasteiger partial charge on any atom is 0.233 e. The summed E-state index contributed by atoms with van der Waals surface area (Å²) in [5, 5.41) is 2.78. The first-order valence-electron chi connectivity index (χ1n) is 6.88. The molecule has 1 unspecified atom stereocenters. The first-order valence-corrected chi connectivity index (χ1v) is 8.53. The van der Waals surface area contributed by atoms with E-state index in [1.54, 1.807) is 19.1 Å². The zero-order valence-corrected chi connectivity index (χ0v) is 14.0. The van der Waals surface area contributed by atoms with E-state index in [0.29, 0.717) is 5.69 Å². The van der Waals surface area contributed by atoms with Crippen molar-refractivity contribution in [2.24, 2.45) is 5.92 Å². The first-order chi connectivity index (χ1) is 9.48. The molecular formula is C15H24N2O3S. The van der Waals surface area contributed by atoms with Gasteiger partial charge in [0, 0.05) is 11.2 Å². The summed E-state index contributed by atoms with van der Waals surface area (Å²) in [6.07, 6.45) is 0. The van der Waals surface area contributed by atoms with E-state index in [4.69, 9.17) is 0 Å². The Kier molecular flexibility index (Phi) is 5.39. The van der Waals surface area contributed by atoms with Gasteiger partial charge in [0.1, 0.15) is 0 Å².